The van der Waals surface area contributed by atoms with Crippen molar-refractivity contribution < 1.29 is 9.50 Å². The highest BCUT2D eigenvalue weighted by atomic mass is 19.1. The van der Waals surface area contributed by atoms with Crippen LogP contribution in [0.25, 0.3) is 10.9 Å². The van der Waals surface area contributed by atoms with Gasteiger partial charge in [-0.15, -0.1) is 0 Å². The summed E-state index contributed by atoms with van der Waals surface area (Å²) < 4.78 is 13.5. The average Bonchev–Trinajstić information content (AvgIpc) is 2.78. The number of aromatic amines is 1. The van der Waals surface area contributed by atoms with Gasteiger partial charge in [-0.1, -0.05) is 19.9 Å². The number of halogens is 1. The number of aliphatic hydroxyl groups excluding tert-OH is 1. The van der Waals surface area contributed by atoms with Crippen molar-refractivity contribution in [3.63, 3.8) is 0 Å². The van der Waals surface area contributed by atoms with Gasteiger partial charge in [0.05, 0.1) is 12.3 Å². The van der Waals surface area contributed by atoms with Crippen molar-refractivity contribution in [2.45, 2.75) is 20.0 Å². The van der Waals surface area contributed by atoms with Crippen LogP contribution in [0.4, 0.5) is 4.39 Å². The Labute approximate surface area is 105 Å². The number of aliphatic hydroxyl groups is 1. The van der Waals surface area contributed by atoms with E-state index in [9.17, 15) is 9.50 Å². The van der Waals surface area contributed by atoms with Gasteiger partial charge in [0.15, 0.2) is 0 Å². The highest BCUT2D eigenvalue weighted by Gasteiger charge is 2.14. The predicted molar refractivity (Wildman–Crippen MR) is 68.7 cm³/mol. The van der Waals surface area contributed by atoms with E-state index in [1.807, 2.05) is 0 Å². The maximum atomic E-state index is 13.5. The van der Waals surface area contributed by atoms with Crippen LogP contribution >= 0.6 is 0 Å². The number of H-pyrrole nitrogens is 1. The van der Waals surface area contributed by atoms with E-state index in [0.717, 1.165) is 6.54 Å². The van der Waals surface area contributed by atoms with E-state index in [0.29, 0.717) is 28.9 Å². The molecular formula is C13H18FN3O. The molecule has 4 nitrogen and oxygen atoms in total. The van der Waals surface area contributed by atoms with Gasteiger partial charge in [0.25, 0.3) is 0 Å². The first kappa shape index (κ1) is 13.0. The summed E-state index contributed by atoms with van der Waals surface area (Å²) in [5.41, 5.74) is 1.03. The summed E-state index contributed by atoms with van der Waals surface area (Å²) in [7, 11) is 0. The molecule has 0 fully saturated rings. The predicted octanol–water partition coefficient (Wildman–Crippen LogP) is 1.98. The number of nitrogens with zero attached hydrogens (tertiary/aromatic N) is 1. The molecule has 0 amide bonds. The minimum Gasteiger partial charge on any atom is -0.387 e. The number of benzene rings is 1. The van der Waals surface area contributed by atoms with Gasteiger partial charge in [-0.3, -0.25) is 5.10 Å². The van der Waals surface area contributed by atoms with Gasteiger partial charge in [-0.05, 0) is 24.1 Å². The minimum absolute atomic E-state index is 0.343. The van der Waals surface area contributed by atoms with Crippen molar-refractivity contribution in [2.24, 2.45) is 5.92 Å². The molecule has 0 aliphatic heterocycles. The summed E-state index contributed by atoms with van der Waals surface area (Å²) in [5.74, 6) is 0.174. The SMILES string of the molecule is CC(C)CNC[C@H](O)c1ccc(F)c2[nH]ncc12. The molecule has 1 aromatic carbocycles. The lowest BCUT2D eigenvalue weighted by atomic mass is 10.0. The summed E-state index contributed by atoms with van der Waals surface area (Å²) >= 11 is 0. The van der Waals surface area contributed by atoms with Gasteiger partial charge in [-0.25, -0.2) is 4.39 Å². The van der Waals surface area contributed by atoms with E-state index >= 15 is 0 Å². The van der Waals surface area contributed by atoms with Crippen LogP contribution in [0.3, 0.4) is 0 Å². The van der Waals surface area contributed by atoms with E-state index in [1.165, 1.54) is 6.07 Å². The smallest absolute Gasteiger partial charge is 0.148 e. The molecule has 2 aromatic rings. The summed E-state index contributed by atoms with van der Waals surface area (Å²) in [5, 5.41) is 20.3. The highest BCUT2D eigenvalue weighted by Crippen LogP contribution is 2.24. The fraction of sp³-hybridized carbons (Fsp3) is 0.462. The Morgan fingerprint density at radius 3 is 2.89 bits per heavy atom. The molecule has 0 aliphatic rings. The molecule has 0 saturated heterocycles. The van der Waals surface area contributed by atoms with Crippen molar-refractivity contribution in [3.05, 3.63) is 29.7 Å². The molecule has 0 unspecified atom stereocenters. The molecule has 0 aliphatic carbocycles. The highest BCUT2D eigenvalue weighted by molar-refractivity contribution is 5.82. The van der Waals surface area contributed by atoms with E-state index in [-0.39, 0.29) is 5.82 Å². The maximum Gasteiger partial charge on any atom is 0.148 e. The van der Waals surface area contributed by atoms with Gasteiger partial charge in [0.1, 0.15) is 11.3 Å². The first-order chi connectivity index (χ1) is 8.59. The van der Waals surface area contributed by atoms with E-state index in [4.69, 9.17) is 0 Å². The zero-order chi connectivity index (χ0) is 13.1. The van der Waals surface area contributed by atoms with Crippen LogP contribution in [0.15, 0.2) is 18.3 Å². The fourth-order valence-electron chi connectivity index (χ4n) is 1.93. The Hall–Kier alpha value is -1.46. The van der Waals surface area contributed by atoms with E-state index < -0.39 is 6.10 Å². The molecule has 1 heterocycles. The van der Waals surface area contributed by atoms with Gasteiger partial charge >= 0.3 is 0 Å². The van der Waals surface area contributed by atoms with Gasteiger partial charge in [0, 0.05) is 11.9 Å². The second-order valence-electron chi connectivity index (χ2n) is 4.86. The molecule has 0 saturated carbocycles. The van der Waals surface area contributed by atoms with Gasteiger partial charge in [-0.2, -0.15) is 5.10 Å². The molecule has 0 spiro atoms. The second-order valence-corrected chi connectivity index (χ2v) is 4.86. The second kappa shape index (κ2) is 5.46. The Balaban J connectivity index is 2.15. The largest absolute Gasteiger partial charge is 0.387 e. The standard InChI is InChI=1S/C13H18FN3O/c1-8(2)5-15-7-12(18)9-3-4-11(14)13-10(9)6-16-17-13/h3-4,6,8,12,15,18H,5,7H2,1-2H3,(H,16,17)/t12-/m0/s1. The zero-order valence-electron chi connectivity index (χ0n) is 10.6. The molecule has 5 heteroatoms. The van der Waals surface area contributed by atoms with Crippen LogP contribution in [0, 0.1) is 11.7 Å². The number of aromatic nitrogens is 2. The van der Waals surface area contributed by atoms with Gasteiger partial charge < -0.3 is 10.4 Å². The Morgan fingerprint density at radius 1 is 1.39 bits per heavy atom. The molecule has 3 N–H and O–H groups in total. The monoisotopic (exact) mass is 251 g/mol. The lowest BCUT2D eigenvalue weighted by Gasteiger charge is -2.14. The molecule has 18 heavy (non-hydrogen) atoms. The van der Waals surface area contributed by atoms with Crippen LogP contribution in [-0.2, 0) is 0 Å². The van der Waals surface area contributed by atoms with Crippen LogP contribution in [0.5, 0.6) is 0 Å². The maximum absolute atomic E-state index is 13.5. The summed E-state index contributed by atoms with van der Waals surface area (Å²) in [6, 6.07) is 2.95. The summed E-state index contributed by atoms with van der Waals surface area (Å²) in [6.07, 6.45) is 0.879. The Bertz CT molecular complexity index is 524. The molecule has 1 aromatic heterocycles. The Morgan fingerprint density at radius 2 is 2.17 bits per heavy atom. The van der Waals surface area contributed by atoms with Crippen molar-refractivity contribution >= 4 is 10.9 Å². The molecule has 2 rings (SSSR count). The molecule has 1 atom stereocenters. The number of fused-ring (bicyclic) bond motifs is 1. The third kappa shape index (κ3) is 2.68. The van der Waals surface area contributed by atoms with Crippen LogP contribution in [0.2, 0.25) is 0 Å². The number of hydrogen-bond acceptors (Lipinski definition) is 3. The molecular weight excluding hydrogens is 233 g/mol. The minimum atomic E-state index is -0.663. The molecule has 0 radical (unpaired) electrons. The van der Waals surface area contributed by atoms with Crippen LogP contribution in [-0.4, -0.2) is 28.4 Å². The Kier molecular flexibility index (Phi) is 3.93. The number of rotatable bonds is 5. The third-order valence-electron chi connectivity index (χ3n) is 2.85. The fourth-order valence-corrected chi connectivity index (χ4v) is 1.93. The van der Waals surface area contributed by atoms with E-state index in [1.54, 1.807) is 12.3 Å². The van der Waals surface area contributed by atoms with E-state index in [2.05, 4.69) is 29.4 Å². The first-order valence-electron chi connectivity index (χ1n) is 6.10. The topological polar surface area (TPSA) is 60.9 Å². The number of hydrogen-bond donors (Lipinski definition) is 3. The molecule has 98 valence electrons. The first-order valence-corrected chi connectivity index (χ1v) is 6.10. The average molecular weight is 251 g/mol. The third-order valence-corrected chi connectivity index (χ3v) is 2.85. The van der Waals surface area contributed by atoms with Crippen molar-refractivity contribution in [1.29, 1.82) is 0 Å². The number of nitrogens with one attached hydrogen (secondary N) is 2. The molecule has 0 bridgehead atoms. The van der Waals surface area contributed by atoms with Crippen molar-refractivity contribution in [1.82, 2.24) is 15.5 Å². The van der Waals surface area contributed by atoms with Crippen LogP contribution in [0.1, 0.15) is 25.5 Å². The van der Waals surface area contributed by atoms with Crippen molar-refractivity contribution in [2.75, 3.05) is 13.1 Å². The normalized spacial score (nSPS) is 13.4. The lowest BCUT2D eigenvalue weighted by Crippen LogP contribution is -2.25. The quantitative estimate of drug-likeness (QED) is 0.761. The summed E-state index contributed by atoms with van der Waals surface area (Å²) in [6.45, 7) is 5.49. The lowest BCUT2D eigenvalue weighted by molar-refractivity contribution is 0.175. The zero-order valence-corrected chi connectivity index (χ0v) is 10.6. The van der Waals surface area contributed by atoms with Crippen LogP contribution < -0.4 is 5.32 Å². The summed E-state index contributed by atoms with van der Waals surface area (Å²) in [4.78, 5) is 0. The van der Waals surface area contributed by atoms with Crippen molar-refractivity contribution in [3.8, 4) is 0 Å². The van der Waals surface area contributed by atoms with Gasteiger partial charge in [0.2, 0.25) is 0 Å².